The first kappa shape index (κ1) is 25.4. The smallest absolute Gasteiger partial charge is 0.399 e. The summed E-state index contributed by atoms with van der Waals surface area (Å²) < 4.78 is 54.5. The van der Waals surface area contributed by atoms with Gasteiger partial charge in [0.15, 0.2) is 12.1 Å². The molecular formula is C21H16Cl2F4N2O3. The number of aldehydes is 1. The number of carboxylic acids is 1. The molecule has 1 N–H and O–H groups in total. The first-order valence-electron chi connectivity index (χ1n) is 8.88. The zero-order valence-electron chi connectivity index (χ0n) is 16.4. The Morgan fingerprint density at radius 2 is 1.81 bits per heavy atom. The number of nitrogens with zero attached hydrogens (tertiary/aromatic N) is 2. The number of carbonyl (C=O) groups is 2. The van der Waals surface area contributed by atoms with Crippen LogP contribution in [0, 0.1) is 5.82 Å². The molecule has 0 spiro atoms. The lowest BCUT2D eigenvalue weighted by Crippen LogP contribution is -2.20. The standard InChI is InChI=1S/C21H16Cl2F4N2O3/c1-29(10-19(31)32)28-9-15-6-12(2-4-13(15)11-30)3-5-16(21(25,26)27)14-7-17(22)20(24)18(23)8-14/h2-9,11,16H,10H2,1H3,(H,31,32)/b5-3+,28-9-. The Morgan fingerprint density at radius 1 is 1.19 bits per heavy atom. The van der Waals surface area contributed by atoms with Crippen molar-refractivity contribution < 1.29 is 32.3 Å². The van der Waals surface area contributed by atoms with Gasteiger partial charge >= 0.3 is 12.1 Å². The van der Waals surface area contributed by atoms with Crippen molar-refractivity contribution in [2.24, 2.45) is 5.10 Å². The summed E-state index contributed by atoms with van der Waals surface area (Å²) in [6, 6.07) is 5.95. The van der Waals surface area contributed by atoms with E-state index >= 15 is 0 Å². The quantitative estimate of drug-likeness (QED) is 0.170. The Labute approximate surface area is 190 Å². The molecule has 0 saturated carbocycles. The predicted octanol–water partition coefficient (Wildman–Crippen LogP) is 5.65. The van der Waals surface area contributed by atoms with Crippen LogP contribution in [-0.4, -0.2) is 48.4 Å². The summed E-state index contributed by atoms with van der Waals surface area (Å²) in [4.78, 5) is 21.9. The van der Waals surface area contributed by atoms with Gasteiger partial charge in [-0.3, -0.25) is 14.6 Å². The van der Waals surface area contributed by atoms with Crippen molar-refractivity contribution in [3.63, 3.8) is 0 Å². The van der Waals surface area contributed by atoms with Crippen LogP contribution in [0.4, 0.5) is 17.6 Å². The van der Waals surface area contributed by atoms with E-state index in [1.54, 1.807) is 0 Å². The highest BCUT2D eigenvalue weighted by atomic mass is 35.5. The number of carbonyl (C=O) groups excluding carboxylic acids is 1. The van der Waals surface area contributed by atoms with Crippen molar-refractivity contribution >= 4 is 47.7 Å². The summed E-state index contributed by atoms with van der Waals surface area (Å²) in [5.41, 5.74) is 0.452. The highest BCUT2D eigenvalue weighted by molar-refractivity contribution is 6.35. The number of hydrogen-bond donors (Lipinski definition) is 1. The average Bonchev–Trinajstić information content (AvgIpc) is 2.69. The Bertz CT molecular complexity index is 1050. The molecule has 5 nitrogen and oxygen atoms in total. The van der Waals surface area contributed by atoms with Crippen LogP contribution < -0.4 is 0 Å². The SMILES string of the molecule is CN(CC(=O)O)/N=C\c1cc(/C=C/C(c2cc(Cl)c(F)c(Cl)c2)C(F)(F)F)ccc1C=O. The molecule has 0 heterocycles. The van der Waals surface area contributed by atoms with E-state index < -0.39 is 33.9 Å². The van der Waals surface area contributed by atoms with E-state index in [0.29, 0.717) is 11.8 Å². The predicted molar refractivity (Wildman–Crippen MR) is 114 cm³/mol. The van der Waals surface area contributed by atoms with Gasteiger partial charge in [0, 0.05) is 18.2 Å². The maximum Gasteiger partial charge on any atom is 0.399 e. The van der Waals surface area contributed by atoms with Crippen LogP contribution in [0.3, 0.4) is 0 Å². The summed E-state index contributed by atoms with van der Waals surface area (Å²) in [6.45, 7) is -0.386. The average molecular weight is 491 g/mol. The van der Waals surface area contributed by atoms with Crippen LogP contribution in [0.2, 0.25) is 10.0 Å². The normalized spacial score (nSPS) is 13.0. The molecule has 2 rings (SSSR count). The fourth-order valence-electron chi connectivity index (χ4n) is 2.68. The molecule has 0 bridgehead atoms. The second-order valence-corrected chi connectivity index (χ2v) is 7.45. The number of rotatable bonds is 8. The molecule has 0 aliphatic rings. The first-order valence-corrected chi connectivity index (χ1v) is 9.63. The van der Waals surface area contributed by atoms with Crippen molar-refractivity contribution in [1.29, 1.82) is 0 Å². The highest BCUT2D eigenvalue weighted by Gasteiger charge is 2.39. The lowest BCUT2D eigenvalue weighted by molar-refractivity contribution is -0.139. The molecular weight excluding hydrogens is 475 g/mol. The van der Waals surface area contributed by atoms with Gasteiger partial charge in [0.05, 0.1) is 22.2 Å². The Hall–Kier alpha value is -2.91. The van der Waals surface area contributed by atoms with Crippen LogP contribution in [-0.2, 0) is 4.79 Å². The largest absolute Gasteiger partial charge is 0.480 e. The minimum absolute atomic E-state index is 0.207. The molecule has 170 valence electrons. The summed E-state index contributed by atoms with van der Waals surface area (Å²) in [5, 5.41) is 12.7. The Balaban J connectivity index is 2.40. The summed E-state index contributed by atoms with van der Waals surface area (Å²) in [6.07, 6.45) is -0.922. The van der Waals surface area contributed by atoms with E-state index in [9.17, 15) is 27.2 Å². The molecule has 1 unspecified atom stereocenters. The number of allylic oxidation sites excluding steroid dienone is 1. The zero-order chi connectivity index (χ0) is 24.1. The van der Waals surface area contributed by atoms with E-state index in [0.717, 1.165) is 23.2 Å². The maximum atomic E-state index is 13.6. The summed E-state index contributed by atoms with van der Waals surface area (Å²) in [7, 11) is 1.40. The highest BCUT2D eigenvalue weighted by Crippen LogP contribution is 2.39. The molecule has 2 aromatic carbocycles. The molecule has 0 saturated heterocycles. The molecule has 0 amide bonds. The number of benzene rings is 2. The van der Waals surface area contributed by atoms with Gasteiger partial charge in [-0.25, -0.2) is 4.39 Å². The number of hydrazone groups is 1. The van der Waals surface area contributed by atoms with Gasteiger partial charge in [-0.15, -0.1) is 0 Å². The van der Waals surface area contributed by atoms with Gasteiger partial charge in [0.1, 0.15) is 6.54 Å². The van der Waals surface area contributed by atoms with Crippen molar-refractivity contribution in [2.45, 2.75) is 12.1 Å². The minimum Gasteiger partial charge on any atom is -0.480 e. The third-order valence-corrected chi connectivity index (χ3v) is 4.74. The topological polar surface area (TPSA) is 70.0 Å². The molecule has 11 heteroatoms. The van der Waals surface area contributed by atoms with Crippen LogP contribution >= 0.6 is 23.2 Å². The van der Waals surface area contributed by atoms with Crippen LogP contribution in [0.25, 0.3) is 6.08 Å². The number of aliphatic carboxylic acids is 1. The number of likely N-dealkylation sites (N-methyl/N-ethyl adjacent to an activating group) is 1. The second-order valence-electron chi connectivity index (χ2n) is 6.64. The van der Waals surface area contributed by atoms with Gasteiger partial charge < -0.3 is 5.11 Å². The molecule has 0 aliphatic carbocycles. The van der Waals surface area contributed by atoms with Gasteiger partial charge in [0.25, 0.3) is 0 Å². The van der Waals surface area contributed by atoms with Crippen LogP contribution in [0.1, 0.15) is 33.0 Å². The molecule has 0 aromatic heterocycles. The van der Waals surface area contributed by atoms with Crippen molar-refractivity contribution in [3.05, 3.63) is 74.5 Å². The maximum absolute atomic E-state index is 13.6. The Kier molecular flexibility index (Phi) is 8.40. The summed E-state index contributed by atoms with van der Waals surface area (Å²) in [5.74, 6) is -4.25. The van der Waals surface area contributed by atoms with Crippen molar-refractivity contribution in [3.8, 4) is 0 Å². The number of carboxylic acid groups (broad SMARTS) is 1. The number of hydrogen-bond acceptors (Lipinski definition) is 4. The minimum atomic E-state index is -4.71. The van der Waals surface area contributed by atoms with E-state index in [1.807, 2.05) is 0 Å². The first-order chi connectivity index (χ1) is 14.9. The van der Waals surface area contributed by atoms with Crippen molar-refractivity contribution in [1.82, 2.24) is 5.01 Å². The number of alkyl halides is 3. The fourth-order valence-corrected chi connectivity index (χ4v) is 3.19. The van der Waals surface area contributed by atoms with Crippen LogP contribution in [0.15, 0.2) is 41.5 Å². The van der Waals surface area contributed by atoms with Gasteiger partial charge in [0.2, 0.25) is 0 Å². The fraction of sp³-hybridized carbons (Fsp3) is 0.190. The molecule has 0 radical (unpaired) electrons. The second kappa shape index (κ2) is 10.6. The lowest BCUT2D eigenvalue weighted by Gasteiger charge is -2.18. The Morgan fingerprint density at radius 3 is 2.34 bits per heavy atom. The van der Waals surface area contributed by atoms with Gasteiger partial charge in [-0.05, 0) is 29.3 Å². The van der Waals surface area contributed by atoms with E-state index in [1.165, 1.54) is 37.5 Å². The zero-order valence-corrected chi connectivity index (χ0v) is 17.9. The lowest BCUT2D eigenvalue weighted by atomic mass is 9.96. The third-order valence-electron chi connectivity index (χ3n) is 4.19. The van der Waals surface area contributed by atoms with Gasteiger partial charge in [-0.2, -0.15) is 18.3 Å². The van der Waals surface area contributed by atoms with E-state index in [4.69, 9.17) is 28.3 Å². The molecule has 2 aromatic rings. The monoisotopic (exact) mass is 490 g/mol. The molecule has 1 atom stereocenters. The third kappa shape index (κ3) is 6.80. The van der Waals surface area contributed by atoms with Crippen molar-refractivity contribution in [2.75, 3.05) is 13.6 Å². The van der Waals surface area contributed by atoms with E-state index in [-0.39, 0.29) is 23.2 Å². The van der Waals surface area contributed by atoms with E-state index in [2.05, 4.69) is 5.10 Å². The molecule has 32 heavy (non-hydrogen) atoms. The number of halogens is 6. The summed E-state index contributed by atoms with van der Waals surface area (Å²) >= 11 is 11.3. The molecule has 0 fully saturated rings. The van der Waals surface area contributed by atoms with Gasteiger partial charge in [-0.1, -0.05) is 47.5 Å². The van der Waals surface area contributed by atoms with Crippen LogP contribution in [0.5, 0.6) is 0 Å². The molecule has 0 aliphatic heterocycles.